The van der Waals surface area contributed by atoms with Crippen LogP contribution in [0.25, 0.3) is 17.2 Å². The van der Waals surface area contributed by atoms with Gasteiger partial charge in [-0.05, 0) is 71.5 Å². The summed E-state index contributed by atoms with van der Waals surface area (Å²) in [6.45, 7) is 6.15. The summed E-state index contributed by atoms with van der Waals surface area (Å²) in [5, 5.41) is 10.3. The Labute approximate surface area is 335 Å². The minimum absolute atomic E-state index is 0.0685. The summed E-state index contributed by atoms with van der Waals surface area (Å²) in [4.78, 5) is 55.2. The molecule has 0 aliphatic rings. The second-order valence-electron chi connectivity index (χ2n) is 13.0. The Kier molecular flexibility index (Phi) is 13.3. The minimum Gasteiger partial charge on any atom is -0.462 e. The molecule has 3 amide bonds. The van der Waals surface area contributed by atoms with Crippen LogP contribution in [0.4, 0.5) is 10.7 Å². The number of esters is 1. The summed E-state index contributed by atoms with van der Waals surface area (Å²) >= 11 is 2.57. The van der Waals surface area contributed by atoms with Gasteiger partial charge < -0.3 is 20.7 Å². The first-order valence-electron chi connectivity index (χ1n) is 18.2. The Balaban J connectivity index is 1.26. The van der Waals surface area contributed by atoms with Gasteiger partial charge in [0.15, 0.2) is 0 Å². The number of amides is 3. The number of carbonyl (C=O) groups excluding carboxylic acids is 4. The van der Waals surface area contributed by atoms with E-state index in [-0.39, 0.29) is 18.2 Å². The fourth-order valence-corrected chi connectivity index (χ4v) is 7.88. The highest BCUT2D eigenvalue weighted by Gasteiger charge is 2.27. The second-order valence-corrected chi connectivity index (χ2v) is 15.1. The first kappa shape index (κ1) is 39.5. The molecule has 1 heterocycles. The molecule has 0 aliphatic heterocycles. The van der Waals surface area contributed by atoms with Gasteiger partial charge in [-0.25, -0.2) is 4.79 Å². The molecule has 3 N–H and O–H groups in total. The lowest BCUT2D eigenvalue weighted by Crippen LogP contribution is -2.30. The van der Waals surface area contributed by atoms with Crippen LogP contribution in [0.2, 0.25) is 0 Å². The van der Waals surface area contributed by atoms with Gasteiger partial charge in [0, 0.05) is 27.1 Å². The van der Waals surface area contributed by atoms with Gasteiger partial charge in [0.25, 0.3) is 11.8 Å². The maximum atomic E-state index is 14.2. The lowest BCUT2D eigenvalue weighted by molar-refractivity contribution is -0.116. The minimum atomic E-state index is -0.728. The van der Waals surface area contributed by atoms with Crippen molar-refractivity contribution in [3.05, 3.63) is 178 Å². The van der Waals surface area contributed by atoms with Crippen LogP contribution in [-0.4, -0.2) is 30.3 Å². The van der Waals surface area contributed by atoms with E-state index in [1.54, 1.807) is 55.5 Å². The molecule has 6 rings (SSSR count). The number of hydrogen-bond acceptors (Lipinski definition) is 7. The fraction of sp³-hybridized carbons (Fsp3) is 0.130. The number of rotatable bonds is 14. The molecule has 0 aliphatic carbocycles. The van der Waals surface area contributed by atoms with Gasteiger partial charge in [-0.2, -0.15) is 0 Å². The summed E-state index contributed by atoms with van der Waals surface area (Å²) < 4.78 is 5.41. The molecule has 0 fully saturated rings. The summed E-state index contributed by atoms with van der Waals surface area (Å²) in [5.74, 6) is -1.44. The van der Waals surface area contributed by atoms with E-state index in [0.29, 0.717) is 38.2 Å². The van der Waals surface area contributed by atoms with Crippen LogP contribution in [0.3, 0.4) is 0 Å². The summed E-state index contributed by atoms with van der Waals surface area (Å²) in [6.07, 6.45) is 1.65. The van der Waals surface area contributed by atoms with Crippen LogP contribution in [0.15, 0.2) is 155 Å². The van der Waals surface area contributed by atoms with E-state index in [2.05, 4.69) is 29.8 Å². The number of nitrogens with one attached hydrogen (secondary N) is 3. The highest BCUT2D eigenvalue weighted by molar-refractivity contribution is 8.00. The zero-order valence-corrected chi connectivity index (χ0v) is 32.8. The number of hydrogen-bond donors (Lipinski definition) is 3. The maximum Gasteiger partial charge on any atom is 0.341 e. The summed E-state index contributed by atoms with van der Waals surface area (Å²) in [7, 11) is 0. The second kappa shape index (κ2) is 18.9. The topological polar surface area (TPSA) is 114 Å². The number of anilines is 2. The van der Waals surface area contributed by atoms with Gasteiger partial charge in [0.1, 0.15) is 21.5 Å². The third-order valence-electron chi connectivity index (χ3n) is 8.72. The third-order valence-corrected chi connectivity index (χ3v) is 10.9. The standard InChI is InChI=1S/C46H41N3O5S2/c1-4-54-46(53)40-38(33-15-8-5-9-16-33)29-55-45(40)49-44(52)41(34-17-10-6-11-18-34)56-37-22-14-21-36(28-37)47-43(51)39(48-42(50)35-19-12-7-13-20-35)27-31-23-25-32(26-24-31)30(2)3/h5-30,41H,4H2,1-3H3,(H,47,51)(H,48,50)(H,49,52)/b39-27+. The average molecular weight is 780 g/mol. The van der Waals surface area contributed by atoms with Crippen molar-refractivity contribution in [1.29, 1.82) is 0 Å². The Hall–Kier alpha value is -6.23. The number of benzene rings is 5. The maximum absolute atomic E-state index is 14.2. The number of thiophene rings is 1. The number of ether oxygens (including phenoxy) is 1. The van der Waals surface area contributed by atoms with Crippen molar-refractivity contribution in [2.75, 3.05) is 17.2 Å². The Bertz CT molecular complexity index is 2320. The van der Waals surface area contributed by atoms with Gasteiger partial charge in [-0.15, -0.1) is 23.1 Å². The molecule has 0 bridgehead atoms. The van der Waals surface area contributed by atoms with E-state index in [4.69, 9.17) is 4.74 Å². The van der Waals surface area contributed by atoms with Crippen LogP contribution in [-0.2, 0) is 14.3 Å². The lowest BCUT2D eigenvalue weighted by atomic mass is 10.0. The van der Waals surface area contributed by atoms with Crippen molar-refractivity contribution in [3.8, 4) is 11.1 Å². The molecular weight excluding hydrogens is 739 g/mol. The molecular formula is C46H41N3O5S2. The lowest BCUT2D eigenvalue weighted by Gasteiger charge is -2.18. The Morgan fingerprint density at radius 3 is 2.07 bits per heavy atom. The third kappa shape index (κ3) is 10.1. The van der Waals surface area contributed by atoms with Crippen molar-refractivity contribution >= 4 is 63.6 Å². The van der Waals surface area contributed by atoms with E-state index in [1.807, 2.05) is 102 Å². The molecule has 5 aromatic carbocycles. The molecule has 1 unspecified atom stereocenters. The van der Waals surface area contributed by atoms with Gasteiger partial charge in [-0.1, -0.05) is 123 Å². The highest BCUT2D eigenvalue weighted by atomic mass is 32.2. The zero-order chi connectivity index (χ0) is 39.4. The molecule has 282 valence electrons. The predicted molar refractivity (Wildman–Crippen MR) is 227 cm³/mol. The van der Waals surface area contributed by atoms with Gasteiger partial charge in [0.05, 0.1) is 6.61 Å². The SMILES string of the molecule is CCOC(=O)c1c(-c2ccccc2)csc1NC(=O)C(Sc1cccc(NC(=O)/C(=C\c2ccc(C(C)C)cc2)NC(=O)c2ccccc2)c1)c1ccccc1. The quantitative estimate of drug-likeness (QED) is 0.0576. The van der Waals surface area contributed by atoms with E-state index in [0.717, 1.165) is 22.3 Å². The monoisotopic (exact) mass is 779 g/mol. The highest BCUT2D eigenvalue weighted by Crippen LogP contribution is 2.40. The molecule has 0 spiro atoms. The fourth-order valence-electron chi connectivity index (χ4n) is 5.83. The Morgan fingerprint density at radius 1 is 0.750 bits per heavy atom. The van der Waals surface area contributed by atoms with Gasteiger partial charge in [0.2, 0.25) is 5.91 Å². The molecule has 56 heavy (non-hydrogen) atoms. The molecule has 0 saturated heterocycles. The molecule has 1 aromatic heterocycles. The van der Waals surface area contributed by atoms with Crippen molar-refractivity contribution in [2.45, 2.75) is 36.8 Å². The average Bonchev–Trinajstić information content (AvgIpc) is 3.64. The predicted octanol–water partition coefficient (Wildman–Crippen LogP) is 10.6. The van der Waals surface area contributed by atoms with E-state index in [1.165, 1.54) is 23.1 Å². The van der Waals surface area contributed by atoms with E-state index in [9.17, 15) is 19.2 Å². The summed E-state index contributed by atoms with van der Waals surface area (Å²) in [5.41, 5.74) is 5.43. The van der Waals surface area contributed by atoms with Gasteiger partial charge >= 0.3 is 5.97 Å². The number of thioether (sulfide) groups is 1. The van der Waals surface area contributed by atoms with Crippen molar-refractivity contribution < 1.29 is 23.9 Å². The molecule has 6 aromatic rings. The van der Waals surface area contributed by atoms with E-state index >= 15 is 0 Å². The normalized spacial score (nSPS) is 11.8. The molecule has 10 heteroatoms. The van der Waals surface area contributed by atoms with Crippen LogP contribution in [0.1, 0.15) is 69.3 Å². The van der Waals surface area contributed by atoms with Crippen LogP contribution < -0.4 is 16.0 Å². The van der Waals surface area contributed by atoms with Crippen LogP contribution >= 0.6 is 23.1 Å². The van der Waals surface area contributed by atoms with Crippen LogP contribution in [0, 0.1) is 0 Å². The molecule has 1 atom stereocenters. The first-order chi connectivity index (χ1) is 27.2. The van der Waals surface area contributed by atoms with Crippen molar-refractivity contribution in [2.24, 2.45) is 0 Å². The molecule has 0 saturated carbocycles. The number of carbonyl (C=O) groups is 4. The molecule has 0 radical (unpaired) electrons. The molecule has 8 nitrogen and oxygen atoms in total. The van der Waals surface area contributed by atoms with Crippen molar-refractivity contribution in [3.63, 3.8) is 0 Å². The van der Waals surface area contributed by atoms with E-state index < -0.39 is 23.0 Å². The Morgan fingerprint density at radius 2 is 1.41 bits per heavy atom. The smallest absolute Gasteiger partial charge is 0.341 e. The first-order valence-corrected chi connectivity index (χ1v) is 19.9. The zero-order valence-electron chi connectivity index (χ0n) is 31.2. The summed E-state index contributed by atoms with van der Waals surface area (Å²) in [6, 6.07) is 42.6. The van der Waals surface area contributed by atoms with Crippen molar-refractivity contribution in [1.82, 2.24) is 5.32 Å². The van der Waals surface area contributed by atoms with Crippen LogP contribution in [0.5, 0.6) is 0 Å². The van der Waals surface area contributed by atoms with Gasteiger partial charge in [-0.3, -0.25) is 14.4 Å². The largest absolute Gasteiger partial charge is 0.462 e.